The molecule has 1 saturated carbocycles. The Morgan fingerprint density at radius 1 is 1.33 bits per heavy atom. The van der Waals surface area contributed by atoms with Crippen molar-refractivity contribution in [2.45, 2.75) is 38.9 Å². The first-order valence-electron chi connectivity index (χ1n) is 7.27. The normalized spacial score (nSPS) is 29.5. The predicted molar refractivity (Wildman–Crippen MR) is 98.1 cm³/mol. The van der Waals surface area contributed by atoms with Crippen LogP contribution in [0.1, 0.15) is 34.1 Å². The minimum absolute atomic E-state index is 0. The van der Waals surface area contributed by atoms with E-state index >= 15 is 0 Å². The summed E-state index contributed by atoms with van der Waals surface area (Å²) in [4.78, 5) is 6.38. The molecule has 7 heteroatoms. The summed E-state index contributed by atoms with van der Waals surface area (Å²) in [6, 6.07) is 0. The molecule has 1 aliphatic carbocycles. The average Bonchev–Trinajstić information content (AvgIpc) is 2.92. The largest absolute Gasteiger partial charge is 0.356 e. The summed E-state index contributed by atoms with van der Waals surface area (Å²) in [7, 11) is -1.24. The average molecular weight is 429 g/mol. The number of nitrogens with zero attached hydrogens (tertiary/aromatic N) is 2. The standard InChI is InChI=1S/C14H27N3O2S.HI/c1-13(2)8-11(13)9-16-12(15-5)17-6-7-20(18,19)14(3,4)10-17;/h11H,6-10H2,1-5H3,(H,15,16);1H. The lowest BCUT2D eigenvalue weighted by molar-refractivity contribution is 0.352. The topological polar surface area (TPSA) is 61.8 Å². The molecular formula is C14H28IN3O2S. The van der Waals surface area contributed by atoms with Crippen molar-refractivity contribution in [3.63, 3.8) is 0 Å². The van der Waals surface area contributed by atoms with Crippen LogP contribution in [0, 0.1) is 11.3 Å². The summed E-state index contributed by atoms with van der Waals surface area (Å²) >= 11 is 0. The first-order chi connectivity index (χ1) is 9.09. The molecule has 0 aromatic heterocycles. The van der Waals surface area contributed by atoms with Crippen molar-refractivity contribution in [3.8, 4) is 0 Å². The van der Waals surface area contributed by atoms with E-state index in [1.54, 1.807) is 20.9 Å². The van der Waals surface area contributed by atoms with Gasteiger partial charge in [-0.1, -0.05) is 13.8 Å². The van der Waals surface area contributed by atoms with Gasteiger partial charge in [0.05, 0.1) is 10.5 Å². The third-order valence-electron chi connectivity index (χ3n) is 4.78. The summed E-state index contributed by atoms with van der Waals surface area (Å²) in [6.07, 6.45) is 1.25. The summed E-state index contributed by atoms with van der Waals surface area (Å²) in [5.74, 6) is 1.73. The van der Waals surface area contributed by atoms with Crippen molar-refractivity contribution in [3.05, 3.63) is 0 Å². The molecule has 124 valence electrons. The summed E-state index contributed by atoms with van der Waals surface area (Å²) < 4.78 is 23.4. The summed E-state index contributed by atoms with van der Waals surface area (Å²) in [5, 5.41) is 3.40. The van der Waals surface area contributed by atoms with E-state index in [2.05, 4.69) is 29.1 Å². The Kier molecular flexibility index (Phi) is 5.62. The third kappa shape index (κ3) is 4.03. The monoisotopic (exact) mass is 429 g/mol. The van der Waals surface area contributed by atoms with E-state index in [4.69, 9.17) is 0 Å². The van der Waals surface area contributed by atoms with Gasteiger partial charge in [-0.15, -0.1) is 24.0 Å². The first kappa shape index (κ1) is 19.0. The van der Waals surface area contributed by atoms with Crippen LogP contribution < -0.4 is 5.32 Å². The second-order valence-electron chi connectivity index (χ2n) is 7.32. The maximum absolute atomic E-state index is 12.0. The minimum atomic E-state index is -3.00. The molecule has 1 heterocycles. The number of sulfone groups is 1. The highest BCUT2D eigenvalue weighted by Gasteiger charge is 2.46. The van der Waals surface area contributed by atoms with E-state index in [0.717, 1.165) is 12.5 Å². The van der Waals surface area contributed by atoms with Gasteiger partial charge in [0.25, 0.3) is 0 Å². The van der Waals surface area contributed by atoms with E-state index in [9.17, 15) is 8.42 Å². The molecule has 2 fully saturated rings. The number of guanidine groups is 1. The molecule has 2 aliphatic rings. The quantitative estimate of drug-likeness (QED) is 0.413. The highest BCUT2D eigenvalue weighted by atomic mass is 127. The van der Waals surface area contributed by atoms with E-state index in [1.165, 1.54) is 6.42 Å². The lowest BCUT2D eigenvalue weighted by Gasteiger charge is -2.39. The zero-order chi connectivity index (χ0) is 15.2. The van der Waals surface area contributed by atoms with Gasteiger partial charge in [0, 0.05) is 26.7 Å². The van der Waals surface area contributed by atoms with Gasteiger partial charge in [0.1, 0.15) is 0 Å². The van der Waals surface area contributed by atoms with E-state index in [0.29, 0.717) is 24.4 Å². The Hall–Kier alpha value is -0.0500. The Morgan fingerprint density at radius 3 is 2.33 bits per heavy atom. The number of rotatable bonds is 2. The second-order valence-corrected chi connectivity index (χ2v) is 10.1. The molecule has 0 aromatic carbocycles. The van der Waals surface area contributed by atoms with Crippen molar-refractivity contribution in [2.75, 3.05) is 32.4 Å². The molecular weight excluding hydrogens is 401 g/mol. The molecule has 0 amide bonds. The van der Waals surface area contributed by atoms with Gasteiger partial charge >= 0.3 is 0 Å². The van der Waals surface area contributed by atoms with Gasteiger partial charge in [-0.05, 0) is 31.6 Å². The van der Waals surface area contributed by atoms with Crippen molar-refractivity contribution < 1.29 is 8.42 Å². The van der Waals surface area contributed by atoms with Crippen LogP contribution in [-0.4, -0.2) is 56.5 Å². The van der Waals surface area contributed by atoms with Crippen LogP contribution in [0.2, 0.25) is 0 Å². The van der Waals surface area contributed by atoms with Crippen LogP contribution in [0.5, 0.6) is 0 Å². The molecule has 1 N–H and O–H groups in total. The van der Waals surface area contributed by atoms with Crippen LogP contribution in [0.3, 0.4) is 0 Å². The van der Waals surface area contributed by atoms with Crippen molar-refractivity contribution in [1.82, 2.24) is 10.2 Å². The Labute approximate surface area is 145 Å². The van der Waals surface area contributed by atoms with Gasteiger partial charge < -0.3 is 10.2 Å². The van der Waals surface area contributed by atoms with Gasteiger partial charge in [0.2, 0.25) is 0 Å². The van der Waals surface area contributed by atoms with Crippen LogP contribution in [0.4, 0.5) is 0 Å². The molecule has 1 unspecified atom stereocenters. The van der Waals surface area contributed by atoms with Crippen LogP contribution in [0.15, 0.2) is 4.99 Å². The van der Waals surface area contributed by atoms with Gasteiger partial charge in [-0.2, -0.15) is 0 Å². The Balaban J connectivity index is 0.00000220. The second kappa shape index (κ2) is 6.22. The highest BCUT2D eigenvalue weighted by molar-refractivity contribution is 14.0. The fourth-order valence-electron chi connectivity index (χ4n) is 2.80. The minimum Gasteiger partial charge on any atom is -0.356 e. The van der Waals surface area contributed by atoms with Crippen molar-refractivity contribution >= 4 is 39.8 Å². The molecule has 1 aliphatic heterocycles. The lowest BCUT2D eigenvalue weighted by Crippen LogP contribution is -2.57. The van der Waals surface area contributed by atoms with E-state index in [-0.39, 0.29) is 29.7 Å². The van der Waals surface area contributed by atoms with E-state index < -0.39 is 14.6 Å². The molecule has 1 atom stereocenters. The molecule has 0 spiro atoms. The lowest BCUT2D eigenvalue weighted by atomic mass is 10.1. The van der Waals surface area contributed by atoms with Gasteiger partial charge in [-0.25, -0.2) is 8.42 Å². The van der Waals surface area contributed by atoms with Gasteiger partial charge in [-0.3, -0.25) is 4.99 Å². The van der Waals surface area contributed by atoms with E-state index in [1.807, 2.05) is 0 Å². The Bertz CT molecular complexity index is 514. The smallest absolute Gasteiger partial charge is 0.193 e. The van der Waals surface area contributed by atoms with Crippen LogP contribution in [0.25, 0.3) is 0 Å². The van der Waals surface area contributed by atoms with Crippen LogP contribution >= 0.6 is 24.0 Å². The first-order valence-corrected chi connectivity index (χ1v) is 8.92. The number of hydrogen-bond donors (Lipinski definition) is 1. The number of nitrogens with one attached hydrogen (secondary N) is 1. The molecule has 21 heavy (non-hydrogen) atoms. The molecule has 1 saturated heterocycles. The van der Waals surface area contributed by atoms with Crippen molar-refractivity contribution in [2.24, 2.45) is 16.3 Å². The zero-order valence-electron chi connectivity index (χ0n) is 13.6. The summed E-state index contributed by atoms with van der Waals surface area (Å²) in [5.41, 5.74) is 0.441. The fourth-order valence-corrected chi connectivity index (χ4v) is 4.16. The maximum atomic E-state index is 12.0. The Morgan fingerprint density at radius 2 is 1.90 bits per heavy atom. The molecule has 0 radical (unpaired) electrons. The molecule has 0 aromatic rings. The molecule has 5 nitrogen and oxygen atoms in total. The number of aliphatic imine (C=N–C) groups is 1. The summed E-state index contributed by atoms with van der Waals surface area (Å²) in [6.45, 7) is 10.1. The molecule has 0 bridgehead atoms. The van der Waals surface area contributed by atoms with Gasteiger partial charge in [0.15, 0.2) is 15.8 Å². The SMILES string of the molecule is CN=C(NCC1CC1(C)C)N1CCS(=O)(=O)C(C)(C)C1.I. The van der Waals surface area contributed by atoms with Crippen molar-refractivity contribution in [1.29, 1.82) is 0 Å². The number of halogens is 1. The number of hydrogen-bond acceptors (Lipinski definition) is 3. The zero-order valence-corrected chi connectivity index (χ0v) is 16.8. The van der Waals surface area contributed by atoms with Crippen LogP contribution in [-0.2, 0) is 9.84 Å². The maximum Gasteiger partial charge on any atom is 0.193 e. The fraction of sp³-hybridized carbons (Fsp3) is 0.929. The molecule has 2 rings (SSSR count). The highest BCUT2D eigenvalue weighted by Crippen LogP contribution is 2.50. The predicted octanol–water partition coefficient (Wildman–Crippen LogP) is 1.73. The third-order valence-corrected chi connectivity index (χ3v) is 7.31.